The summed E-state index contributed by atoms with van der Waals surface area (Å²) in [6.07, 6.45) is 5.28. The van der Waals surface area contributed by atoms with Gasteiger partial charge in [-0.3, -0.25) is 4.79 Å². The molecule has 0 N–H and O–H groups in total. The number of nitrogens with zero attached hydrogens (tertiary/aromatic N) is 2. The molecule has 1 aliphatic rings. The van der Waals surface area contributed by atoms with Crippen LogP contribution in [-0.2, 0) is 4.79 Å². The Labute approximate surface area is 121 Å². The molecular formula is C16H26N2O2. The van der Waals surface area contributed by atoms with E-state index in [1.54, 1.807) is 0 Å². The monoisotopic (exact) mass is 278 g/mol. The van der Waals surface area contributed by atoms with Crippen LogP contribution in [0.3, 0.4) is 0 Å². The van der Waals surface area contributed by atoms with Gasteiger partial charge in [-0.25, -0.2) is 0 Å². The molecule has 20 heavy (non-hydrogen) atoms. The number of carbonyl (C=O) groups is 1. The van der Waals surface area contributed by atoms with Crippen LogP contribution in [-0.4, -0.2) is 15.9 Å². The zero-order chi connectivity index (χ0) is 14.7. The van der Waals surface area contributed by atoms with E-state index < -0.39 is 0 Å². The third kappa shape index (κ3) is 3.28. The smallest absolute Gasteiger partial charge is 0.236 e. The summed E-state index contributed by atoms with van der Waals surface area (Å²) < 4.78 is 5.29. The van der Waals surface area contributed by atoms with Gasteiger partial charge in [0.05, 0.1) is 5.92 Å². The average Bonchev–Trinajstić information content (AvgIpc) is 2.95. The van der Waals surface area contributed by atoms with Crippen LogP contribution >= 0.6 is 0 Å². The molecule has 1 aromatic heterocycles. The standard InChI is InChI=1S/C16H26N2O2/c1-5-14(19)11(4)16-17-15(18-20-16)13-8-6-12(7-9-13)10(2)3/h10-13H,5-9H2,1-4H3. The molecule has 0 aromatic carbocycles. The number of hydrogen-bond acceptors (Lipinski definition) is 4. The first kappa shape index (κ1) is 15.2. The van der Waals surface area contributed by atoms with Gasteiger partial charge >= 0.3 is 0 Å². The van der Waals surface area contributed by atoms with Gasteiger partial charge in [0, 0.05) is 12.3 Å². The molecule has 2 rings (SSSR count). The predicted octanol–water partition coefficient (Wildman–Crippen LogP) is 4.08. The lowest BCUT2D eigenvalue weighted by Crippen LogP contribution is -2.18. The van der Waals surface area contributed by atoms with E-state index in [4.69, 9.17) is 4.52 Å². The molecule has 1 aliphatic carbocycles. The molecule has 0 bridgehead atoms. The molecule has 1 fully saturated rings. The van der Waals surface area contributed by atoms with Crippen LogP contribution in [0.1, 0.15) is 83.3 Å². The van der Waals surface area contributed by atoms with Crippen molar-refractivity contribution in [1.29, 1.82) is 0 Å². The molecule has 0 aliphatic heterocycles. The summed E-state index contributed by atoms with van der Waals surface area (Å²) in [6, 6.07) is 0. The van der Waals surface area contributed by atoms with Crippen molar-refractivity contribution in [1.82, 2.24) is 10.1 Å². The summed E-state index contributed by atoms with van der Waals surface area (Å²) >= 11 is 0. The van der Waals surface area contributed by atoms with E-state index in [1.807, 2.05) is 13.8 Å². The first-order chi connectivity index (χ1) is 9.52. The maximum Gasteiger partial charge on any atom is 0.236 e. The highest BCUT2D eigenvalue weighted by atomic mass is 16.5. The summed E-state index contributed by atoms with van der Waals surface area (Å²) in [6.45, 7) is 8.31. The zero-order valence-electron chi connectivity index (χ0n) is 13.1. The Morgan fingerprint density at radius 3 is 2.45 bits per heavy atom. The number of Topliss-reactive ketones (excluding diaryl/α,β-unsaturated/α-hetero) is 1. The fourth-order valence-corrected chi connectivity index (χ4v) is 3.08. The molecule has 1 unspecified atom stereocenters. The van der Waals surface area contributed by atoms with Crippen molar-refractivity contribution in [2.45, 2.75) is 71.6 Å². The van der Waals surface area contributed by atoms with Gasteiger partial charge in [0.1, 0.15) is 5.78 Å². The Hall–Kier alpha value is -1.19. The summed E-state index contributed by atoms with van der Waals surface area (Å²) in [5.74, 6) is 3.18. The van der Waals surface area contributed by atoms with Gasteiger partial charge in [0.15, 0.2) is 5.82 Å². The Morgan fingerprint density at radius 2 is 1.90 bits per heavy atom. The quantitative estimate of drug-likeness (QED) is 0.814. The Kier molecular flexibility index (Phi) is 4.95. The normalized spacial score (nSPS) is 24.9. The molecule has 0 saturated heterocycles. The third-order valence-electron chi connectivity index (χ3n) is 4.74. The van der Waals surface area contributed by atoms with Crippen molar-refractivity contribution in [3.63, 3.8) is 0 Å². The Morgan fingerprint density at radius 1 is 1.25 bits per heavy atom. The molecule has 0 amide bonds. The SMILES string of the molecule is CCC(=O)C(C)c1nc(C2CCC(C(C)C)CC2)no1. The minimum atomic E-state index is -0.270. The van der Waals surface area contributed by atoms with E-state index >= 15 is 0 Å². The molecule has 1 aromatic rings. The van der Waals surface area contributed by atoms with E-state index in [1.165, 1.54) is 12.8 Å². The van der Waals surface area contributed by atoms with Crippen LogP contribution in [0.2, 0.25) is 0 Å². The molecule has 0 radical (unpaired) electrons. The summed E-state index contributed by atoms with van der Waals surface area (Å²) in [5.41, 5.74) is 0. The zero-order valence-corrected chi connectivity index (χ0v) is 13.1. The van der Waals surface area contributed by atoms with E-state index in [2.05, 4.69) is 24.0 Å². The molecule has 0 spiro atoms. The maximum atomic E-state index is 11.7. The van der Waals surface area contributed by atoms with Crippen LogP contribution in [0.15, 0.2) is 4.52 Å². The van der Waals surface area contributed by atoms with Gasteiger partial charge in [-0.15, -0.1) is 0 Å². The van der Waals surface area contributed by atoms with Crippen molar-refractivity contribution in [3.05, 3.63) is 11.7 Å². The fraction of sp³-hybridized carbons (Fsp3) is 0.812. The number of hydrogen-bond donors (Lipinski definition) is 0. The molecule has 4 heteroatoms. The van der Waals surface area contributed by atoms with E-state index in [9.17, 15) is 4.79 Å². The number of carbonyl (C=O) groups excluding carboxylic acids is 1. The summed E-state index contributed by atoms with van der Waals surface area (Å²) in [5, 5.41) is 4.11. The van der Waals surface area contributed by atoms with Gasteiger partial charge in [-0.05, 0) is 44.4 Å². The maximum absolute atomic E-state index is 11.7. The first-order valence-corrected chi connectivity index (χ1v) is 7.89. The molecular weight excluding hydrogens is 252 g/mol. The summed E-state index contributed by atoms with van der Waals surface area (Å²) in [7, 11) is 0. The second kappa shape index (κ2) is 6.51. The minimum absolute atomic E-state index is 0.156. The molecule has 1 saturated carbocycles. The lowest BCUT2D eigenvalue weighted by molar-refractivity contribution is -0.120. The highest BCUT2D eigenvalue weighted by molar-refractivity contribution is 5.83. The second-order valence-corrected chi connectivity index (χ2v) is 6.39. The Bertz CT molecular complexity index is 445. The first-order valence-electron chi connectivity index (χ1n) is 7.89. The van der Waals surface area contributed by atoms with E-state index in [-0.39, 0.29) is 11.7 Å². The van der Waals surface area contributed by atoms with E-state index in [0.717, 1.165) is 30.5 Å². The highest BCUT2D eigenvalue weighted by Gasteiger charge is 2.28. The van der Waals surface area contributed by atoms with Gasteiger partial charge in [0.2, 0.25) is 5.89 Å². The lowest BCUT2D eigenvalue weighted by Gasteiger charge is -2.29. The van der Waals surface area contributed by atoms with Crippen molar-refractivity contribution < 1.29 is 9.32 Å². The van der Waals surface area contributed by atoms with Crippen LogP contribution in [0.5, 0.6) is 0 Å². The lowest BCUT2D eigenvalue weighted by atomic mass is 9.77. The Balaban J connectivity index is 1.98. The van der Waals surface area contributed by atoms with Crippen molar-refractivity contribution in [2.24, 2.45) is 11.8 Å². The van der Waals surface area contributed by atoms with Gasteiger partial charge in [-0.2, -0.15) is 4.98 Å². The fourth-order valence-electron chi connectivity index (χ4n) is 3.08. The van der Waals surface area contributed by atoms with Crippen LogP contribution in [0, 0.1) is 11.8 Å². The summed E-state index contributed by atoms with van der Waals surface area (Å²) in [4.78, 5) is 16.2. The largest absolute Gasteiger partial charge is 0.339 e. The number of ketones is 1. The minimum Gasteiger partial charge on any atom is -0.339 e. The topological polar surface area (TPSA) is 56.0 Å². The number of rotatable bonds is 5. The molecule has 1 heterocycles. The number of aromatic nitrogens is 2. The van der Waals surface area contributed by atoms with Crippen molar-refractivity contribution >= 4 is 5.78 Å². The predicted molar refractivity (Wildman–Crippen MR) is 77.5 cm³/mol. The average molecular weight is 278 g/mol. The molecule has 112 valence electrons. The molecule has 1 atom stereocenters. The second-order valence-electron chi connectivity index (χ2n) is 6.39. The van der Waals surface area contributed by atoms with Crippen LogP contribution in [0.25, 0.3) is 0 Å². The van der Waals surface area contributed by atoms with Crippen LogP contribution < -0.4 is 0 Å². The van der Waals surface area contributed by atoms with Gasteiger partial charge < -0.3 is 4.52 Å². The third-order valence-corrected chi connectivity index (χ3v) is 4.74. The highest BCUT2D eigenvalue weighted by Crippen LogP contribution is 2.37. The van der Waals surface area contributed by atoms with Crippen molar-refractivity contribution in [2.75, 3.05) is 0 Å². The van der Waals surface area contributed by atoms with E-state index in [0.29, 0.717) is 18.2 Å². The van der Waals surface area contributed by atoms with Gasteiger partial charge in [0.25, 0.3) is 0 Å². The van der Waals surface area contributed by atoms with Crippen LogP contribution in [0.4, 0.5) is 0 Å². The van der Waals surface area contributed by atoms with Gasteiger partial charge in [-0.1, -0.05) is 25.9 Å². The van der Waals surface area contributed by atoms with Crippen molar-refractivity contribution in [3.8, 4) is 0 Å². The molecule has 4 nitrogen and oxygen atoms in total.